The molecule has 0 saturated carbocycles. The molecule has 0 spiro atoms. The predicted octanol–water partition coefficient (Wildman–Crippen LogP) is 2.50. The second-order valence-electron chi connectivity index (χ2n) is 5.33. The fourth-order valence-corrected chi connectivity index (χ4v) is 2.45. The van der Waals surface area contributed by atoms with Crippen molar-refractivity contribution in [1.82, 2.24) is 4.90 Å². The number of ether oxygens (including phenoxy) is 2. The van der Waals surface area contributed by atoms with Crippen molar-refractivity contribution in [2.45, 2.75) is 20.1 Å². The highest BCUT2D eigenvalue weighted by atomic mass is 16.5. The number of nitrogens with one attached hydrogen (secondary N) is 1. The van der Waals surface area contributed by atoms with Crippen molar-refractivity contribution in [3.63, 3.8) is 0 Å². The highest BCUT2D eigenvalue weighted by Crippen LogP contribution is 2.29. The van der Waals surface area contributed by atoms with Crippen LogP contribution in [-0.4, -0.2) is 49.6 Å². The van der Waals surface area contributed by atoms with Gasteiger partial charge in [0, 0.05) is 12.7 Å². The molecule has 1 N–H and O–H groups in total. The number of Topliss-reactive ketones (excluding diaryl/α,β-unsaturated/α-hetero) is 1. The Morgan fingerprint density at radius 3 is 2.62 bits per heavy atom. The normalized spacial score (nSPS) is 17.0. The van der Waals surface area contributed by atoms with Gasteiger partial charge < -0.3 is 14.4 Å². The summed E-state index contributed by atoms with van der Waals surface area (Å²) in [5.41, 5.74) is 1.99. The third-order valence-electron chi connectivity index (χ3n) is 3.57. The minimum absolute atomic E-state index is 0.0243. The van der Waals surface area contributed by atoms with E-state index < -0.39 is 12.3 Å². The Balaban J connectivity index is 2.38. The first kappa shape index (κ1) is 17.7. The quantitative estimate of drug-likeness (QED) is 0.896. The van der Waals surface area contributed by atoms with E-state index in [-0.39, 0.29) is 12.3 Å². The van der Waals surface area contributed by atoms with Gasteiger partial charge in [0.25, 0.3) is 0 Å². The second-order valence-corrected chi connectivity index (χ2v) is 5.33. The van der Waals surface area contributed by atoms with Gasteiger partial charge in [0.2, 0.25) is 0 Å². The van der Waals surface area contributed by atoms with Crippen LogP contribution in [0.15, 0.2) is 35.3 Å². The molecule has 0 aromatic heterocycles. The predicted molar refractivity (Wildman–Crippen MR) is 91.7 cm³/mol. The van der Waals surface area contributed by atoms with Crippen molar-refractivity contribution >= 4 is 29.1 Å². The van der Waals surface area contributed by atoms with E-state index in [0.29, 0.717) is 17.2 Å². The van der Waals surface area contributed by atoms with E-state index in [1.165, 1.54) is 14.0 Å². The molecule has 1 aliphatic heterocycles. The van der Waals surface area contributed by atoms with Crippen LogP contribution in [0.4, 0.5) is 10.5 Å². The third kappa shape index (κ3) is 3.99. The Bertz CT molecular complexity index is 697. The van der Waals surface area contributed by atoms with Gasteiger partial charge in [0.05, 0.1) is 25.0 Å². The van der Waals surface area contributed by atoms with E-state index in [4.69, 9.17) is 4.74 Å². The molecule has 1 aromatic rings. The molecule has 0 fully saturated rings. The van der Waals surface area contributed by atoms with Crippen molar-refractivity contribution in [1.29, 1.82) is 0 Å². The van der Waals surface area contributed by atoms with E-state index in [0.717, 1.165) is 5.56 Å². The molecule has 1 aliphatic rings. The molecule has 0 radical (unpaired) electrons. The Morgan fingerprint density at radius 2 is 2.00 bits per heavy atom. The molecular weight excluding hydrogens is 310 g/mol. The Morgan fingerprint density at radius 1 is 1.29 bits per heavy atom. The third-order valence-corrected chi connectivity index (χ3v) is 3.57. The van der Waals surface area contributed by atoms with Crippen molar-refractivity contribution in [2.24, 2.45) is 4.99 Å². The number of nitrogens with zero attached hydrogens (tertiary/aromatic N) is 2. The zero-order valence-electron chi connectivity index (χ0n) is 14.2. The van der Waals surface area contributed by atoms with Gasteiger partial charge in [-0.1, -0.05) is 18.2 Å². The zero-order chi connectivity index (χ0) is 17.7. The smallest absolute Gasteiger partial charge is 0.411 e. The first-order valence-electron chi connectivity index (χ1n) is 7.46. The highest BCUT2D eigenvalue weighted by Gasteiger charge is 2.25. The summed E-state index contributed by atoms with van der Waals surface area (Å²) in [6.45, 7) is 3.56. The van der Waals surface area contributed by atoms with Crippen LogP contribution in [0.2, 0.25) is 0 Å². The van der Waals surface area contributed by atoms with Gasteiger partial charge in [-0.05, 0) is 26.0 Å². The number of rotatable bonds is 5. The summed E-state index contributed by atoms with van der Waals surface area (Å²) < 4.78 is 10.1. The van der Waals surface area contributed by atoms with Crippen LogP contribution in [0.1, 0.15) is 19.4 Å². The summed E-state index contributed by atoms with van der Waals surface area (Å²) in [5.74, 6) is 0.693. The molecule has 1 amide bonds. The minimum atomic E-state index is -0.555. The fourth-order valence-electron chi connectivity index (χ4n) is 2.45. The summed E-state index contributed by atoms with van der Waals surface area (Å²) in [7, 11) is 2.88. The highest BCUT2D eigenvalue weighted by molar-refractivity contribution is 5.95. The number of amides is 1. The summed E-state index contributed by atoms with van der Waals surface area (Å²) >= 11 is 0. The van der Waals surface area contributed by atoms with Crippen LogP contribution >= 0.6 is 0 Å². The number of anilines is 1. The van der Waals surface area contributed by atoms with E-state index >= 15 is 0 Å². The van der Waals surface area contributed by atoms with Crippen molar-refractivity contribution in [2.75, 3.05) is 26.1 Å². The minimum Gasteiger partial charge on any atom is -0.453 e. The number of benzene rings is 1. The SMILES string of the molecule is COC(=O)Nc1ccccc1C1=CC(OC)N(CC(C)=O)C(C)=N1. The van der Waals surface area contributed by atoms with E-state index in [2.05, 4.69) is 15.0 Å². The number of hydrogen-bond donors (Lipinski definition) is 1. The molecule has 128 valence electrons. The molecule has 1 heterocycles. The average molecular weight is 331 g/mol. The number of hydrogen-bond acceptors (Lipinski definition) is 6. The Labute approximate surface area is 141 Å². The lowest BCUT2D eigenvalue weighted by Crippen LogP contribution is -2.43. The summed E-state index contributed by atoms with van der Waals surface area (Å²) in [5, 5.41) is 2.67. The maximum Gasteiger partial charge on any atom is 0.411 e. The van der Waals surface area contributed by atoms with E-state index in [9.17, 15) is 9.59 Å². The van der Waals surface area contributed by atoms with Gasteiger partial charge in [-0.25, -0.2) is 9.79 Å². The van der Waals surface area contributed by atoms with Crippen LogP contribution in [0.3, 0.4) is 0 Å². The largest absolute Gasteiger partial charge is 0.453 e. The topological polar surface area (TPSA) is 80.2 Å². The van der Waals surface area contributed by atoms with Crippen molar-refractivity contribution < 1.29 is 19.1 Å². The molecule has 0 saturated heterocycles. The molecule has 7 nitrogen and oxygen atoms in total. The first-order valence-corrected chi connectivity index (χ1v) is 7.46. The maximum atomic E-state index is 11.5. The van der Waals surface area contributed by atoms with Crippen LogP contribution < -0.4 is 5.32 Å². The van der Waals surface area contributed by atoms with E-state index in [1.807, 2.05) is 31.2 Å². The van der Waals surface area contributed by atoms with Gasteiger partial charge >= 0.3 is 6.09 Å². The fraction of sp³-hybridized carbons (Fsp3) is 0.353. The standard InChI is InChI=1S/C17H21N3O4/c1-11(21)10-20-12(2)18-15(9-16(20)23-3)13-7-5-6-8-14(13)19-17(22)24-4/h5-9,16H,10H2,1-4H3,(H,19,22). The lowest BCUT2D eigenvalue weighted by atomic mass is 10.1. The lowest BCUT2D eigenvalue weighted by Gasteiger charge is -2.33. The first-order chi connectivity index (χ1) is 11.5. The van der Waals surface area contributed by atoms with Gasteiger partial charge in [0.15, 0.2) is 6.23 Å². The van der Waals surface area contributed by atoms with Gasteiger partial charge in [-0.15, -0.1) is 0 Å². The number of carbonyl (C=O) groups excluding carboxylic acids is 2. The monoisotopic (exact) mass is 331 g/mol. The molecule has 0 aliphatic carbocycles. The molecule has 1 aromatic carbocycles. The van der Waals surface area contributed by atoms with Crippen LogP contribution in [0, 0.1) is 0 Å². The van der Waals surface area contributed by atoms with Crippen molar-refractivity contribution in [3.8, 4) is 0 Å². The number of ketones is 1. The van der Waals surface area contributed by atoms with E-state index in [1.54, 1.807) is 18.1 Å². The number of carbonyl (C=O) groups is 2. The zero-order valence-corrected chi connectivity index (χ0v) is 14.2. The molecule has 24 heavy (non-hydrogen) atoms. The summed E-state index contributed by atoms with van der Waals surface area (Å²) in [4.78, 5) is 29.3. The Hall–Kier alpha value is -2.67. The second kappa shape index (κ2) is 7.74. The molecule has 2 rings (SSSR count). The average Bonchev–Trinajstić information content (AvgIpc) is 2.56. The lowest BCUT2D eigenvalue weighted by molar-refractivity contribution is -0.118. The van der Waals surface area contributed by atoms with Crippen LogP contribution in [0.25, 0.3) is 5.70 Å². The molecule has 0 bridgehead atoms. The molecule has 1 unspecified atom stereocenters. The number of para-hydroxylation sites is 1. The number of aliphatic imine (C=N–C) groups is 1. The summed E-state index contributed by atoms with van der Waals surface area (Å²) in [6, 6.07) is 7.28. The van der Waals surface area contributed by atoms with Crippen LogP contribution in [-0.2, 0) is 14.3 Å². The van der Waals surface area contributed by atoms with Crippen LogP contribution in [0.5, 0.6) is 0 Å². The van der Waals surface area contributed by atoms with Gasteiger partial charge in [0.1, 0.15) is 11.6 Å². The maximum absolute atomic E-state index is 11.5. The summed E-state index contributed by atoms with van der Waals surface area (Å²) in [6.07, 6.45) is 0.849. The number of methoxy groups -OCH3 is 2. The van der Waals surface area contributed by atoms with Gasteiger partial charge in [-0.3, -0.25) is 10.1 Å². The van der Waals surface area contributed by atoms with Crippen molar-refractivity contribution in [3.05, 3.63) is 35.9 Å². The Kier molecular flexibility index (Phi) is 5.70. The molecule has 1 atom stereocenters. The molecule has 7 heteroatoms. The number of amidine groups is 1. The molecular formula is C17H21N3O4. The van der Waals surface area contributed by atoms with Gasteiger partial charge in [-0.2, -0.15) is 0 Å².